The van der Waals surface area contributed by atoms with Crippen LogP contribution in [0, 0.1) is 11.3 Å². The average Bonchev–Trinajstić information content (AvgIpc) is 2.51. The number of hydrogen-bond donors (Lipinski definition) is 2. The minimum absolute atomic E-state index is 0.0538. The molecule has 0 amide bonds. The van der Waals surface area contributed by atoms with Crippen LogP contribution < -0.4 is 4.72 Å². The van der Waals surface area contributed by atoms with Gasteiger partial charge in [-0.25, -0.2) is 13.1 Å². The van der Waals surface area contributed by atoms with Crippen molar-refractivity contribution in [2.24, 2.45) is 11.3 Å². The van der Waals surface area contributed by atoms with Crippen LogP contribution in [-0.4, -0.2) is 31.2 Å². The van der Waals surface area contributed by atoms with Crippen molar-refractivity contribution in [1.82, 2.24) is 9.71 Å². The van der Waals surface area contributed by atoms with Crippen molar-refractivity contribution in [3.8, 4) is 0 Å². The summed E-state index contributed by atoms with van der Waals surface area (Å²) in [6.07, 6.45) is 2.62. The predicted octanol–water partition coefficient (Wildman–Crippen LogP) is 2.56. The number of benzene rings is 1. The standard InChI is InChI=1S/C17H24N2O3S/c1-12(2)16(20)17(3,4)11-19-23(21,22)15-7-5-6-13-10-18-9-8-14(13)15/h5-10,12,16,19-20H,11H2,1-4H3. The Kier molecular flexibility index (Phi) is 5.08. The van der Waals surface area contributed by atoms with Crippen molar-refractivity contribution in [2.45, 2.75) is 38.7 Å². The summed E-state index contributed by atoms with van der Waals surface area (Å²) in [4.78, 5) is 4.24. The summed E-state index contributed by atoms with van der Waals surface area (Å²) in [6.45, 7) is 7.70. The van der Waals surface area contributed by atoms with Crippen LogP contribution >= 0.6 is 0 Å². The molecule has 0 aliphatic carbocycles. The van der Waals surface area contributed by atoms with Crippen LogP contribution in [0.3, 0.4) is 0 Å². The molecule has 1 heterocycles. The Hall–Kier alpha value is -1.50. The summed E-state index contributed by atoms with van der Waals surface area (Å²) >= 11 is 0. The van der Waals surface area contributed by atoms with Crippen molar-refractivity contribution in [3.63, 3.8) is 0 Å². The van der Waals surface area contributed by atoms with Gasteiger partial charge in [0.25, 0.3) is 0 Å². The van der Waals surface area contributed by atoms with Crippen LogP contribution in [0.1, 0.15) is 27.7 Å². The number of sulfonamides is 1. The minimum atomic E-state index is -3.67. The van der Waals surface area contributed by atoms with Crippen LogP contribution in [0.5, 0.6) is 0 Å². The molecule has 1 atom stereocenters. The third-order valence-corrected chi connectivity index (χ3v) is 5.54. The minimum Gasteiger partial charge on any atom is -0.392 e. The van der Waals surface area contributed by atoms with Crippen molar-refractivity contribution >= 4 is 20.8 Å². The number of rotatable bonds is 6. The van der Waals surface area contributed by atoms with Gasteiger partial charge in [0.2, 0.25) is 10.0 Å². The highest BCUT2D eigenvalue weighted by molar-refractivity contribution is 7.89. The van der Waals surface area contributed by atoms with Gasteiger partial charge in [0.05, 0.1) is 11.0 Å². The van der Waals surface area contributed by atoms with E-state index in [1.165, 1.54) is 0 Å². The lowest BCUT2D eigenvalue weighted by molar-refractivity contribution is 0.0166. The van der Waals surface area contributed by atoms with Crippen LogP contribution in [0.2, 0.25) is 0 Å². The van der Waals surface area contributed by atoms with E-state index in [1.807, 2.05) is 33.8 Å². The third-order valence-electron chi connectivity index (χ3n) is 4.08. The summed E-state index contributed by atoms with van der Waals surface area (Å²) in [7, 11) is -3.67. The van der Waals surface area contributed by atoms with E-state index in [9.17, 15) is 13.5 Å². The Bertz CT molecular complexity index is 780. The first-order chi connectivity index (χ1) is 10.6. The maximum atomic E-state index is 12.7. The van der Waals surface area contributed by atoms with E-state index in [0.29, 0.717) is 5.39 Å². The normalized spacial score (nSPS) is 14.3. The highest BCUT2D eigenvalue weighted by Crippen LogP contribution is 2.27. The van der Waals surface area contributed by atoms with Crippen molar-refractivity contribution < 1.29 is 13.5 Å². The van der Waals surface area contributed by atoms with Crippen molar-refractivity contribution in [2.75, 3.05) is 6.54 Å². The number of nitrogens with one attached hydrogen (secondary N) is 1. The zero-order valence-electron chi connectivity index (χ0n) is 13.9. The van der Waals surface area contributed by atoms with E-state index < -0.39 is 21.5 Å². The average molecular weight is 336 g/mol. The SMILES string of the molecule is CC(C)C(O)C(C)(C)CNS(=O)(=O)c1cccc2cnccc12. The van der Waals surface area contributed by atoms with Gasteiger partial charge in [-0.15, -0.1) is 0 Å². The number of fused-ring (bicyclic) bond motifs is 1. The monoisotopic (exact) mass is 336 g/mol. The summed E-state index contributed by atoms with van der Waals surface area (Å²) in [5.41, 5.74) is -0.562. The van der Waals surface area contributed by atoms with Gasteiger partial charge in [-0.1, -0.05) is 39.8 Å². The molecule has 1 aromatic carbocycles. The summed E-state index contributed by atoms with van der Waals surface area (Å²) in [5.74, 6) is 0.0538. The van der Waals surface area contributed by atoms with Gasteiger partial charge < -0.3 is 5.11 Å². The van der Waals surface area contributed by atoms with Crippen LogP contribution in [0.25, 0.3) is 10.8 Å². The van der Waals surface area contributed by atoms with Gasteiger partial charge in [0, 0.05) is 35.1 Å². The van der Waals surface area contributed by atoms with Gasteiger partial charge in [-0.2, -0.15) is 0 Å². The maximum Gasteiger partial charge on any atom is 0.241 e. The first kappa shape index (κ1) is 17.8. The quantitative estimate of drug-likeness (QED) is 0.850. The number of hydrogen-bond acceptors (Lipinski definition) is 4. The molecule has 1 aromatic heterocycles. The van der Waals surface area contributed by atoms with Crippen LogP contribution in [0.15, 0.2) is 41.6 Å². The van der Waals surface area contributed by atoms with Gasteiger partial charge in [0.1, 0.15) is 0 Å². The fourth-order valence-corrected chi connectivity index (χ4v) is 4.14. The number of aliphatic hydroxyl groups excluding tert-OH is 1. The second-order valence-corrected chi connectivity index (χ2v) is 8.59. The molecule has 2 aromatic rings. The molecule has 0 aliphatic rings. The highest BCUT2D eigenvalue weighted by atomic mass is 32.2. The van der Waals surface area contributed by atoms with Crippen molar-refractivity contribution in [1.29, 1.82) is 0 Å². The van der Waals surface area contributed by atoms with Gasteiger partial charge in [-0.3, -0.25) is 4.98 Å². The molecule has 0 radical (unpaired) electrons. The van der Waals surface area contributed by atoms with Gasteiger partial charge in [0.15, 0.2) is 0 Å². The smallest absolute Gasteiger partial charge is 0.241 e. The van der Waals surface area contributed by atoms with E-state index >= 15 is 0 Å². The Morgan fingerprint density at radius 2 is 1.96 bits per heavy atom. The Morgan fingerprint density at radius 1 is 1.26 bits per heavy atom. The fourth-order valence-electron chi connectivity index (χ4n) is 2.69. The molecule has 2 rings (SSSR count). The Morgan fingerprint density at radius 3 is 2.61 bits per heavy atom. The van der Waals surface area contributed by atoms with E-state index in [1.54, 1.807) is 30.6 Å². The second-order valence-electron chi connectivity index (χ2n) is 6.85. The number of nitrogens with zero attached hydrogens (tertiary/aromatic N) is 1. The van der Waals surface area contributed by atoms with Crippen LogP contribution in [0.4, 0.5) is 0 Å². The molecule has 0 saturated carbocycles. The molecule has 6 heteroatoms. The number of aromatic nitrogens is 1. The van der Waals surface area contributed by atoms with E-state index in [-0.39, 0.29) is 17.4 Å². The molecule has 0 saturated heterocycles. The van der Waals surface area contributed by atoms with Crippen LogP contribution in [-0.2, 0) is 10.0 Å². The lowest BCUT2D eigenvalue weighted by Gasteiger charge is -2.33. The molecule has 0 spiro atoms. The zero-order chi connectivity index (χ0) is 17.3. The molecule has 126 valence electrons. The Labute approximate surface area is 137 Å². The summed E-state index contributed by atoms with van der Waals surface area (Å²) in [5, 5.41) is 11.7. The molecule has 0 aliphatic heterocycles. The molecule has 5 nitrogen and oxygen atoms in total. The highest BCUT2D eigenvalue weighted by Gasteiger charge is 2.32. The summed E-state index contributed by atoms with van der Waals surface area (Å²) in [6, 6.07) is 6.80. The molecule has 23 heavy (non-hydrogen) atoms. The first-order valence-corrected chi connectivity index (χ1v) is 9.14. The fraction of sp³-hybridized carbons (Fsp3) is 0.471. The number of aliphatic hydroxyl groups is 1. The molecular weight excluding hydrogens is 312 g/mol. The molecule has 0 fully saturated rings. The van der Waals surface area contributed by atoms with Gasteiger partial charge in [-0.05, 0) is 18.1 Å². The lowest BCUT2D eigenvalue weighted by Crippen LogP contribution is -2.43. The van der Waals surface area contributed by atoms with E-state index in [4.69, 9.17) is 0 Å². The Balaban J connectivity index is 2.29. The first-order valence-electron chi connectivity index (χ1n) is 7.65. The maximum absolute atomic E-state index is 12.7. The molecule has 2 N–H and O–H groups in total. The largest absolute Gasteiger partial charge is 0.392 e. The topological polar surface area (TPSA) is 79.3 Å². The van der Waals surface area contributed by atoms with Crippen molar-refractivity contribution in [3.05, 3.63) is 36.7 Å². The van der Waals surface area contributed by atoms with E-state index in [2.05, 4.69) is 9.71 Å². The summed E-state index contributed by atoms with van der Waals surface area (Å²) < 4.78 is 28.0. The van der Waals surface area contributed by atoms with Gasteiger partial charge >= 0.3 is 0 Å². The second kappa shape index (κ2) is 6.55. The lowest BCUT2D eigenvalue weighted by atomic mass is 9.81. The predicted molar refractivity (Wildman–Crippen MR) is 91.6 cm³/mol. The molecule has 1 unspecified atom stereocenters. The molecule has 0 bridgehead atoms. The molecular formula is C17H24N2O3S. The number of pyridine rings is 1. The zero-order valence-corrected chi connectivity index (χ0v) is 14.8. The third kappa shape index (κ3) is 3.88. The van der Waals surface area contributed by atoms with E-state index in [0.717, 1.165) is 5.39 Å².